The summed E-state index contributed by atoms with van der Waals surface area (Å²) in [6.07, 6.45) is 0.932. The van der Waals surface area contributed by atoms with E-state index in [1.54, 1.807) is 18.4 Å². The molecule has 2 aromatic heterocycles. The van der Waals surface area contributed by atoms with Crippen molar-refractivity contribution in [2.75, 3.05) is 37.4 Å². The molecule has 2 heterocycles. The fourth-order valence-corrected chi connectivity index (χ4v) is 2.61. The summed E-state index contributed by atoms with van der Waals surface area (Å²) >= 11 is 1.56. The van der Waals surface area contributed by atoms with Gasteiger partial charge < -0.3 is 15.5 Å². The molecule has 2 rings (SSSR count). The second-order valence-electron chi connectivity index (χ2n) is 4.47. The van der Waals surface area contributed by atoms with E-state index in [-0.39, 0.29) is 12.5 Å². The van der Waals surface area contributed by atoms with Crippen LogP contribution in [-0.4, -0.2) is 43.1 Å². The smallest absolute Gasteiger partial charge is 0.239 e. The highest BCUT2D eigenvalue weighted by molar-refractivity contribution is 7.16. The van der Waals surface area contributed by atoms with Gasteiger partial charge in [-0.05, 0) is 17.9 Å². The molecule has 0 spiro atoms. The van der Waals surface area contributed by atoms with Crippen molar-refractivity contribution in [3.63, 3.8) is 0 Å². The molecule has 0 aromatic carbocycles. The van der Waals surface area contributed by atoms with Crippen LogP contribution in [0.2, 0.25) is 0 Å². The van der Waals surface area contributed by atoms with Crippen molar-refractivity contribution in [1.82, 2.24) is 15.3 Å². The van der Waals surface area contributed by atoms with Crippen molar-refractivity contribution in [2.45, 2.75) is 13.3 Å². The van der Waals surface area contributed by atoms with E-state index in [1.165, 1.54) is 0 Å². The number of carbonyl (C=O) groups excluding carboxylic acids is 1. The molecule has 6 nitrogen and oxygen atoms in total. The number of thiophene rings is 1. The van der Waals surface area contributed by atoms with Gasteiger partial charge in [-0.2, -0.15) is 4.98 Å². The Kier molecular flexibility index (Phi) is 4.73. The molecule has 20 heavy (non-hydrogen) atoms. The number of rotatable bonds is 6. The van der Waals surface area contributed by atoms with Crippen molar-refractivity contribution in [3.8, 4) is 0 Å². The lowest BCUT2D eigenvalue weighted by Gasteiger charge is -2.19. The Morgan fingerprint density at radius 2 is 2.25 bits per heavy atom. The molecule has 7 heteroatoms. The van der Waals surface area contributed by atoms with Gasteiger partial charge in [0.05, 0.1) is 11.9 Å². The molecule has 0 bridgehead atoms. The first-order chi connectivity index (χ1) is 9.65. The molecule has 108 valence electrons. The minimum atomic E-state index is 0.00218. The number of hydrogen-bond donors (Lipinski definition) is 2. The standard InChI is InChI=1S/C13H19N5OS/c1-4-6-15-10(19)8-18(3)11-9-5-7-20-12(9)17-13(14-2)16-11/h5,7H,4,6,8H2,1-3H3,(H,15,19)(H,14,16,17). The Morgan fingerprint density at radius 1 is 1.45 bits per heavy atom. The Bertz CT molecular complexity index is 597. The molecule has 2 aromatic rings. The van der Waals surface area contributed by atoms with Crippen LogP contribution in [0.5, 0.6) is 0 Å². The summed E-state index contributed by atoms with van der Waals surface area (Å²) in [4.78, 5) is 23.4. The number of hydrogen-bond acceptors (Lipinski definition) is 6. The van der Waals surface area contributed by atoms with Crippen molar-refractivity contribution in [2.24, 2.45) is 0 Å². The highest BCUT2D eigenvalue weighted by atomic mass is 32.1. The van der Waals surface area contributed by atoms with E-state index in [1.807, 2.05) is 30.3 Å². The van der Waals surface area contributed by atoms with Crippen LogP contribution in [0.4, 0.5) is 11.8 Å². The average molecular weight is 293 g/mol. The number of carbonyl (C=O) groups is 1. The van der Waals surface area contributed by atoms with Gasteiger partial charge in [0.15, 0.2) is 0 Å². The maximum atomic E-state index is 11.8. The first-order valence-electron chi connectivity index (χ1n) is 6.56. The molecule has 0 unspecified atom stereocenters. The Hall–Kier alpha value is -1.89. The molecular formula is C13H19N5OS. The number of amides is 1. The van der Waals surface area contributed by atoms with Gasteiger partial charge in [-0.15, -0.1) is 11.3 Å². The zero-order valence-corrected chi connectivity index (χ0v) is 12.8. The SMILES string of the molecule is CCCNC(=O)CN(C)c1nc(NC)nc2sccc12. The quantitative estimate of drug-likeness (QED) is 0.848. The Balaban J connectivity index is 2.22. The Morgan fingerprint density at radius 3 is 2.95 bits per heavy atom. The molecule has 0 saturated carbocycles. The second kappa shape index (κ2) is 6.51. The van der Waals surface area contributed by atoms with Gasteiger partial charge in [0, 0.05) is 20.6 Å². The van der Waals surface area contributed by atoms with Crippen LogP contribution in [0, 0.1) is 0 Å². The van der Waals surface area contributed by atoms with E-state index in [9.17, 15) is 4.79 Å². The summed E-state index contributed by atoms with van der Waals surface area (Å²) in [5.74, 6) is 1.34. The van der Waals surface area contributed by atoms with Crippen LogP contribution in [0.3, 0.4) is 0 Å². The molecular weight excluding hydrogens is 274 g/mol. The maximum absolute atomic E-state index is 11.8. The predicted molar refractivity (Wildman–Crippen MR) is 83.5 cm³/mol. The fraction of sp³-hybridized carbons (Fsp3) is 0.462. The lowest BCUT2D eigenvalue weighted by Crippen LogP contribution is -2.36. The zero-order chi connectivity index (χ0) is 14.5. The van der Waals surface area contributed by atoms with Gasteiger partial charge in [0.2, 0.25) is 11.9 Å². The van der Waals surface area contributed by atoms with E-state index in [2.05, 4.69) is 20.6 Å². The third kappa shape index (κ3) is 3.16. The molecule has 0 aliphatic carbocycles. The lowest BCUT2D eigenvalue weighted by atomic mass is 10.3. The third-order valence-electron chi connectivity index (χ3n) is 2.84. The number of fused-ring (bicyclic) bond motifs is 1. The van der Waals surface area contributed by atoms with E-state index in [0.29, 0.717) is 12.5 Å². The van der Waals surface area contributed by atoms with E-state index < -0.39 is 0 Å². The molecule has 1 amide bonds. The summed E-state index contributed by atoms with van der Waals surface area (Å²) in [5.41, 5.74) is 0. The summed E-state index contributed by atoms with van der Waals surface area (Å²) in [6.45, 7) is 3.01. The highest BCUT2D eigenvalue weighted by Gasteiger charge is 2.14. The predicted octanol–water partition coefficient (Wildman–Crippen LogP) is 1.70. The van der Waals surface area contributed by atoms with E-state index >= 15 is 0 Å². The van der Waals surface area contributed by atoms with Crippen LogP contribution in [0.15, 0.2) is 11.4 Å². The minimum Gasteiger partial charge on any atom is -0.357 e. The topological polar surface area (TPSA) is 70.2 Å². The molecule has 0 aliphatic rings. The average Bonchev–Trinajstić information content (AvgIpc) is 2.91. The first-order valence-corrected chi connectivity index (χ1v) is 7.44. The number of anilines is 2. The van der Waals surface area contributed by atoms with Crippen molar-refractivity contribution < 1.29 is 4.79 Å². The number of likely N-dealkylation sites (N-methyl/N-ethyl adjacent to an activating group) is 1. The summed E-state index contributed by atoms with van der Waals surface area (Å²) in [7, 11) is 3.65. The van der Waals surface area contributed by atoms with Crippen molar-refractivity contribution in [3.05, 3.63) is 11.4 Å². The van der Waals surface area contributed by atoms with Crippen molar-refractivity contribution in [1.29, 1.82) is 0 Å². The number of nitrogens with one attached hydrogen (secondary N) is 2. The molecule has 0 aliphatic heterocycles. The zero-order valence-electron chi connectivity index (χ0n) is 11.9. The molecule has 0 saturated heterocycles. The summed E-state index contributed by atoms with van der Waals surface area (Å²) in [5, 5.41) is 8.77. The van der Waals surface area contributed by atoms with Gasteiger partial charge in [-0.3, -0.25) is 4.79 Å². The Labute approximate surface area is 122 Å². The third-order valence-corrected chi connectivity index (χ3v) is 3.65. The summed E-state index contributed by atoms with van der Waals surface area (Å²) < 4.78 is 0. The van der Waals surface area contributed by atoms with Crippen LogP contribution >= 0.6 is 11.3 Å². The van der Waals surface area contributed by atoms with Gasteiger partial charge in [-0.1, -0.05) is 6.92 Å². The largest absolute Gasteiger partial charge is 0.357 e. The molecule has 0 fully saturated rings. The van der Waals surface area contributed by atoms with Gasteiger partial charge in [-0.25, -0.2) is 4.98 Å². The monoisotopic (exact) mass is 293 g/mol. The molecule has 2 N–H and O–H groups in total. The van der Waals surface area contributed by atoms with Gasteiger partial charge in [0.1, 0.15) is 10.6 Å². The fourth-order valence-electron chi connectivity index (χ4n) is 1.85. The van der Waals surface area contributed by atoms with Crippen LogP contribution in [0.25, 0.3) is 10.2 Å². The van der Waals surface area contributed by atoms with E-state index in [4.69, 9.17) is 0 Å². The number of nitrogens with zero attached hydrogens (tertiary/aromatic N) is 3. The molecule has 0 atom stereocenters. The van der Waals surface area contributed by atoms with Crippen molar-refractivity contribution >= 4 is 39.2 Å². The first kappa shape index (κ1) is 14.5. The van der Waals surface area contributed by atoms with Gasteiger partial charge in [0.25, 0.3) is 0 Å². The lowest BCUT2D eigenvalue weighted by molar-refractivity contribution is -0.119. The minimum absolute atomic E-state index is 0.00218. The maximum Gasteiger partial charge on any atom is 0.239 e. The van der Waals surface area contributed by atoms with Gasteiger partial charge >= 0.3 is 0 Å². The van der Waals surface area contributed by atoms with Crippen LogP contribution < -0.4 is 15.5 Å². The van der Waals surface area contributed by atoms with Crippen LogP contribution in [0.1, 0.15) is 13.3 Å². The highest BCUT2D eigenvalue weighted by Crippen LogP contribution is 2.28. The second-order valence-corrected chi connectivity index (χ2v) is 5.36. The summed E-state index contributed by atoms with van der Waals surface area (Å²) in [6, 6.07) is 1.98. The van der Waals surface area contributed by atoms with Crippen LogP contribution in [-0.2, 0) is 4.79 Å². The molecule has 0 radical (unpaired) electrons. The van der Waals surface area contributed by atoms with E-state index in [0.717, 1.165) is 22.5 Å². The normalized spacial score (nSPS) is 10.6. The number of aromatic nitrogens is 2.